The molecule has 1 aliphatic heterocycles. The first kappa shape index (κ1) is 22.5. The van der Waals surface area contributed by atoms with E-state index in [0.717, 1.165) is 17.5 Å². The lowest BCUT2D eigenvalue weighted by atomic mass is 9.87. The number of fused-ring (bicyclic) bond motifs is 1. The Balaban J connectivity index is 1.67. The molecule has 4 rings (SSSR count). The fraction of sp³-hybridized carbons (Fsp3) is 0.240. The Morgan fingerprint density at radius 2 is 1.66 bits per heavy atom. The highest BCUT2D eigenvalue weighted by Crippen LogP contribution is 2.41. The van der Waals surface area contributed by atoms with Crippen LogP contribution in [0.15, 0.2) is 60.7 Å². The number of nitrogens with zero attached hydrogens (tertiary/aromatic N) is 1. The highest BCUT2D eigenvalue weighted by atomic mass is 35.5. The van der Waals surface area contributed by atoms with Gasteiger partial charge < -0.3 is 14.8 Å². The summed E-state index contributed by atoms with van der Waals surface area (Å²) in [7, 11) is 3.27. The standard InChI is InChI=1S/C25H24Cl2N2O3/c1-31-21-13-17-11-12-29(15-23(30)28-24-19(26)9-6-10-20(24)27)25(16-7-4-3-5-8-16)18(17)14-22(21)32-2/h3-10,13-14,25H,11-12,15H2,1-2H3,(H,28,30). The Bertz CT molecular complexity index is 1100. The molecule has 0 radical (unpaired) electrons. The largest absolute Gasteiger partial charge is 0.493 e. The molecule has 1 aliphatic rings. The molecule has 0 bridgehead atoms. The molecular weight excluding hydrogens is 447 g/mol. The van der Waals surface area contributed by atoms with E-state index in [4.69, 9.17) is 32.7 Å². The molecule has 0 aromatic heterocycles. The number of nitrogens with one attached hydrogen (secondary N) is 1. The Labute approximate surface area is 197 Å². The molecule has 5 nitrogen and oxygen atoms in total. The van der Waals surface area contributed by atoms with E-state index in [1.165, 1.54) is 5.56 Å². The first-order valence-corrected chi connectivity index (χ1v) is 11.0. The molecule has 1 amide bonds. The molecule has 3 aromatic rings. The van der Waals surface area contributed by atoms with Crippen molar-refractivity contribution in [3.63, 3.8) is 0 Å². The number of halogens is 2. The van der Waals surface area contributed by atoms with Crippen LogP contribution < -0.4 is 14.8 Å². The maximum atomic E-state index is 13.0. The molecule has 1 unspecified atom stereocenters. The zero-order valence-electron chi connectivity index (χ0n) is 17.9. The SMILES string of the molecule is COc1cc2c(cc1OC)C(c1ccccc1)N(CC(=O)Nc1c(Cl)cccc1Cl)CC2. The van der Waals surface area contributed by atoms with Crippen molar-refractivity contribution < 1.29 is 14.3 Å². The second kappa shape index (κ2) is 9.82. The maximum absolute atomic E-state index is 13.0. The Morgan fingerprint density at radius 3 is 2.31 bits per heavy atom. The average molecular weight is 471 g/mol. The van der Waals surface area contributed by atoms with Gasteiger partial charge in [-0.1, -0.05) is 59.6 Å². The summed E-state index contributed by atoms with van der Waals surface area (Å²) in [4.78, 5) is 15.1. The van der Waals surface area contributed by atoms with Gasteiger partial charge >= 0.3 is 0 Å². The lowest BCUT2D eigenvalue weighted by Gasteiger charge is -2.37. The van der Waals surface area contributed by atoms with Crippen molar-refractivity contribution in [1.82, 2.24) is 4.90 Å². The zero-order valence-corrected chi connectivity index (χ0v) is 19.4. The van der Waals surface area contributed by atoms with Gasteiger partial charge in [-0.2, -0.15) is 0 Å². The van der Waals surface area contributed by atoms with Gasteiger partial charge in [-0.15, -0.1) is 0 Å². The highest BCUT2D eigenvalue weighted by Gasteiger charge is 2.31. The van der Waals surface area contributed by atoms with Crippen LogP contribution in [-0.4, -0.2) is 38.1 Å². The van der Waals surface area contributed by atoms with Gasteiger partial charge in [0.15, 0.2) is 11.5 Å². The van der Waals surface area contributed by atoms with Crippen molar-refractivity contribution in [1.29, 1.82) is 0 Å². The number of methoxy groups -OCH3 is 2. The van der Waals surface area contributed by atoms with Crippen LogP contribution in [0.3, 0.4) is 0 Å². The lowest BCUT2D eigenvalue weighted by Crippen LogP contribution is -2.41. The minimum atomic E-state index is -0.176. The number of amides is 1. The first-order valence-electron chi connectivity index (χ1n) is 10.3. The van der Waals surface area contributed by atoms with Gasteiger partial charge in [-0.25, -0.2) is 0 Å². The van der Waals surface area contributed by atoms with Crippen LogP contribution in [0.4, 0.5) is 5.69 Å². The van der Waals surface area contributed by atoms with Gasteiger partial charge in [0.05, 0.1) is 42.5 Å². The van der Waals surface area contributed by atoms with Gasteiger partial charge in [-0.3, -0.25) is 9.69 Å². The minimum Gasteiger partial charge on any atom is -0.493 e. The molecule has 0 spiro atoms. The van der Waals surface area contributed by atoms with E-state index in [-0.39, 0.29) is 18.5 Å². The third kappa shape index (κ3) is 4.56. The molecule has 0 saturated heterocycles. The lowest BCUT2D eigenvalue weighted by molar-refractivity contribution is -0.117. The van der Waals surface area contributed by atoms with Crippen LogP contribution in [0.5, 0.6) is 11.5 Å². The Kier molecular flexibility index (Phi) is 6.89. The monoisotopic (exact) mass is 470 g/mol. The molecule has 0 saturated carbocycles. The van der Waals surface area contributed by atoms with Crippen molar-refractivity contribution in [3.8, 4) is 11.5 Å². The summed E-state index contributed by atoms with van der Waals surface area (Å²) >= 11 is 12.5. The fourth-order valence-corrected chi connectivity index (χ4v) is 4.67. The number of carbonyl (C=O) groups excluding carboxylic acids is 1. The Morgan fingerprint density at radius 1 is 1.00 bits per heavy atom. The van der Waals surface area contributed by atoms with Crippen molar-refractivity contribution in [2.45, 2.75) is 12.5 Å². The molecule has 0 aliphatic carbocycles. The summed E-state index contributed by atoms with van der Waals surface area (Å²) in [6.45, 7) is 0.903. The number of rotatable bonds is 6. The number of ether oxygens (including phenoxy) is 2. The van der Waals surface area contributed by atoms with Crippen molar-refractivity contribution in [2.75, 3.05) is 32.6 Å². The number of anilines is 1. The molecule has 1 heterocycles. The third-order valence-corrected chi connectivity index (χ3v) is 6.29. The van der Waals surface area contributed by atoms with Gasteiger partial charge in [0, 0.05) is 6.54 Å². The van der Waals surface area contributed by atoms with Gasteiger partial charge in [0.25, 0.3) is 0 Å². The van der Waals surface area contributed by atoms with Crippen LogP contribution >= 0.6 is 23.2 Å². The molecule has 7 heteroatoms. The van der Waals surface area contributed by atoms with Crippen LogP contribution in [0.2, 0.25) is 10.0 Å². The number of para-hydroxylation sites is 1. The van der Waals surface area contributed by atoms with E-state index < -0.39 is 0 Å². The minimum absolute atomic E-state index is 0.104. The molecule has 1 N–H and O–H groups in total. The van der Waals surface area contributed by atoms with Gasteiger partial charge in [0.1, 0.15) is 0 Å². The van der Waals surface area contributed by atoms with Gasteiger partial charge in [0.2, 0.25) is 5.91 Å². The van der Waals surface area contributed by atoms with Crippen molar-refractivity contribution in [3.05, 3.63) is 87.4 Å². The summed E-state index contributed by atoms with van der Waals surface area (Å²) in [6.07, 6.45) is 0.791. The number of hydrogen-bond acceptors (Lipinski definition) is 4. The summed E-state index contributed by atoms with van der Waals surface area (Å²) in [5.41, 5.74) is 3.82. The van der Waals surface area contributed by atoms with Gasteiger partial charge in [-0.05, 0) is 47.4 Å². The van der Waals surface area contributed by atoms with Crippen LogP contribution in [-0.2, 0) is 11.2 Å². The predicted molar refractivity (Wildman–Crippen MR) is 128 cm³/mol. The summed E-state index contributed by atoms with van der Waals surface area (Å²) < 4.78 is 11.1. The number of carbonyl (C=O) groups is 1. The molecule has 166 valence electrons. The second-order valence-corrected chi connectivity index (χ2v) is 8.40. The molecule has 1 atom stereocenters. The third-order valence-electron chi connectivity index (χ3n) is 5.66. The van der Waals surface area contributed by atoms with E-state index in [1.54, 1.807) is 32.4 Å². The topological polar surface area (TPSA) is 50.8 Å². The number of benzene rings is 3. The Hall–Kier alpha value is -2.73. The van der Waals surface area contributed by atoms with Crippen LogP contribution in [0, 0.1) is 0 Å². The van der Waals surface area contributed by atoms with E-state index in [1.807, 2.05) is 30.3 Å². The predicted octanol–water partition coefficient (Wildman–Crippen LogP) is 5.60. The smallest absolute Gasteiger partial charge is 0.238 e. The quantitative estimate of drug-likeness (QED) is 0.509. The van der Waals surface area contributed by atoms with Crippen LogP contribution in [0.25, 0.3) is 0 Å². The van der Waals surface area contributed by atoms with E-state index in [9.17, 15) is 4.79 Å². The highest BCUT2D eigenvalue weighted by molar-refractivity contribution is 6.39. The van der Waals surface area contributed by atoms with E-state index >= 15 is 0 Å². The van der Waals surface area contributed by atoms with Crippen molar-refractivity contribution >= 4 is 34.8 Å². The van der Waals surface area contributed by atoms with Crippen LogP contribution in [0.1, 0.15) is 22.7 Å². The maximum Gasteiger partial charge on any atom is 0.238 e. The zero-order chi connectivity index (χ0) is 22.7. The first-order chi connectivity index (χ1) is 15.5. The molecular formula is C25H24Cl2N2O3. The second-order valence-electron chi connectivity index (χ2n) is 7.58. The molecule has 32 heavy (non-hydrogen) atoms. The van der Waals surface area contributed by atoms with E-state index in [2.05, 4.69) is 22.3 Å². The fourth-order valence-electron chi connectivity index (χ4n) is 4.17. The summed E-state index contributed by atoms with van der Waals surface area (Å²) in [5, 5.41) is 3.69. The molecule has 0 fully saturated rings. The van der Waals surface area contributed by atoms with E-state index in [0.29, 0.717) is 33.8 Å². The summed E-state index contributed by atoms with van der Waals surface area (Å²) in [6, 6.07) is 19.2. The number of hydrogen-bond donors (Lipinski definition) is 1. The van der Waals surface area contributed by atoms with Crippen molar-refractivity contribution in [2.24, 2.45) is 0 Å². The average Bonchev–Trinajstić information content (AvgIpc) is 2.81. The molecule has 3 aromatic carbocycles. The normalized spacial score (nSPS) is 15.7. The summed E-state index contributed by atoms with van der Waals surface area (Å²) in [5.74, 6) is 1.20.